The van der Waals surface area contributed by atoms with Crippen LogP contribution in [-0.4, -0.2) is 81.3 Å². The number of rotatable bonds is 46. The Balaban J connectivity index is 4.53. The van der Waals surface area contributed by atoms with Crippen molar-refractivity contribution < 1.29 is 27.5 Å². The van der Waals surface area contributed by atoms with Crippen LogP contribution in [0.1, 0.15) is 259 Å². The lowest BCUT2D eigenvalue weighted by atomic mass is 10.0. The van der Waals surface area contributed by atoms with Gasteiger partial charge >= 0.3 is 11.9 Å². The minimum atomic E-state index is -3.17. The van der Waals surface area contributed by atoms with Gasteiger partial charge in [0.05, 0.1) is 6.26 Å². The van der Waals surface area contributed by atoms with Gasteiger partial charge in [0.25, 0.3) is 0 Å². The zero-order valence-corrected chi connectivity index (χ0v) is 41.0. The third-order valence-electron chi connectivity index (χ3n) is 12.1. The lowest BCUT2D eigenvalue weighted by Crippen LogP contribution is -2.32. The van der Waals surface area contributed by atoms with Crippen LogP contribution in [0.2, 0.25) is 0 Å². The molecule has 0 saturated carbocycles. The maximum absolute atomic E-state index is 12.8. The summed E-state index contributed by atoms with van der Waals surface area (Å²) in [5, 5.41) is 0. The van der Waals surface area contributed by atoms with Gasteiger partial charge in [-0.15, -0.1) is 0 Å². The summed E-state index contributed by atoms with van der Waals surface area (Å²) in [4.78, 5) is 27.9. The number of hydrogen-bond acceptors (Lipinski definition) is 7. The standard InChI is InChI=1S/C50H100N2O6S/c1-7-11-14-17-22-29-38-47(37-10-4)57-49(53)41-32-25-20-27-34-44-52(46-36-43-51(5)59(6,55)56)45-35-28-21-26-33-42-50(54)58-48(39-30-23-18-15-12-8-2)40-31-24-19-16-13-9-3/h47-48H,7-46H2,1-6H3. The van der Waals surface area contributed by atoms with Gasteiger partial charge in [0.2, 0.25) is 10.0 Å². The molecule has 0 aliphatic carbocycles. The lowest BCUT2D eigenvalue weighted by molar-refractivity contribution is -0.151. The zero-order valence-electron chi connectivity index (χ0n) is 40.2. The van der Waals surface area contributed by atoms with Gasteiger partial charge in [-0.2, -0.15) is 0 Å². The molecule has 0 saturated heterocycles. The number of nitrogens with zero attached hydrogens (tertiary/aromatic N) is 2. The molecule has 1 unspecified atom stereocenters. The fraction of sp³-hybridized carbons (Fsp3) is 0.960. The summed E-state index contributed by atoms with van der Waals surface area (Å²) in [6, 6.07) is 0. The normalized spacial score (nSPS) is 12.6. The van der Waals surface area contributed by atoms with Crippen LogP contribution in [0.5, 0.6) is 0 Å². The van der Waals surface area contributed by atoms with E-state index in [9.17, 15) is 18.0 Å². The maximum atomic E-state index is 12.8. The summed E-state index contributed by atoms with van der Waals surface area (Å²) in [5.74, 6) is -0.0256. The van der Waals surface area contributed by atoms with Crippen molar-refractivity contribution in [3.05, 3.63) is 0 Å². The van der Waals surface area contributed by atoms with E-state index in [-0.39, 0.29) is 24.1 Å². The smallest absolute Gasteiger partial charge is 0.306 e. The molecule has 0 spiro atoms. The second-order valence-corrected chi connectivity index (χ2v) is 20.1. The Morgan fingerprint density at radius 1 is 0.407 bits per heavy atom. The van der Waals surface area contributed by atoms with E-state index < -0.39 is 10.0 Å². The van der Waals surface area contributed by atoms with E-state index in [0.29, 0.717) is 19.4 Å². The summed E-state index contributed by atoms with van der Waals surface area (Å²) < 4.78 is 37.2. The third kappa shape index (κ3) is 39.4. The molecule has 0 aliphatic heterocycles. The van der Waals surface area contributed by atoms with Gasteiger partial charge in [0.1, 0.15) is 12.2 Å². The summed E-state index contributed by atoms with van der Waals surface area (Å²) in [5.41, 5.74) is 0. The number of carbonyl (C=O) groups is 2. The van der Waals surface area contributed by atoms with Crippen LogP contribution in [0.25, 0.3) is 0 Å². The Bertz CT molecular complexity index is 1020. The Hall–Kier alpha value is -1.19. The van der Waals surface area contributed by atoms with Crippen molar-refractivity contribution >= 4 is 22.0 Å². The number of ether oxygens (including phenoxy) is 2. The van der Waals surface area contributed by atoms with Crippen LogP contribution in [0.4, 0.5) is 0 Å². The minimum absolute atomic E-state index is 0.00319. The van der Waals surface area contributed by atoms with Crippen molar-refractivity contribution in [1.82, 2.24) is 9.21 Å². The van der Waals surface area contributed by atoms with E-state index in [2.05, 4.69) is 32.6 Å². The molecular formula is C50H100N2O6S. The van der Waals surface area contributed by atoms with Gasteiger partial charge in [0, 0.05) is 26.4 Å². The quantitative estimate of drug-likeness (QED) is 0.0444. The highest BCUT2D eigenvalue weighted by Crippen LogP contribution is 2.19. The van der Waals surface area contributed by atoms with Crippen molar-refractivity contribution in [2.24, 2.45) is 0 Å². The number of sulfonamides is 1. The van der Waals surface area contributed by atoms with Gasteiger partial charge in [-0.3, -0.25) is 9.59 Å². The average Bonchev–Trinajstić information content (AvgIpc) is 3.20. The molecule has 0 aliphatic rings. The first-order valence-corrected chi connectivity index (χ1v) is 27.4. The number of unbranched alkanes of at least 4 members (excludes halogenated alkanes) is 23. The first kappa shape index (κ1) is 57.8. The summed E-state index contributed by atoms with van der Waals surface area (Å²) in [6.07, 6.45) is 41.9. The lowest BCUT2D eigenvalue weighted by Gasteiger charge is -2.23. The molecule has 0 N–H and O–H groups in total. The van der Waals surface area contributed by atoms with Gasteiger partial charge < -0.3 is 14.4 Å². The highest BCUT2D eigenvalue weighted by molar-refractivity contribution is 7.88. The highest BCUT2D eigenvalue weighted by Gasteiger charge is 2.16. The fourth-order valence-corrected chi connectivity index (χ4v) is 8.54. The van der Waals surface area contributed by atoms with E-state index in [4.69, 9.17) is 9.47 Å². The minimum Gasteiger partial charge on any atom is -0.462 e. The number of hydrogen-bond donors (Lipinski definition) is 0. The van der Waals surface area contributed by atoms with E-state index >= 15 is 0 Å². The average molecular weight is 857 g/mol. The van der Waals surface area contributed by atoms with Crippen LogP contribution in [0.3, 0.4) is 0 Å². The van der Waals surface area contributed by atoms with E-state index in [1.807, 2.05) is 0 Å². The van der Waals surface area contributed by atoms with Crippen molar-refractivity contribution in [3.63, 3.8) is 0 Å². The van der Waals surface area contributed by atoms with Gasteiger partial charge in [0.15, 0.2) is 0 Å². The summed E-state index contributed by atoms with van der Waals surface area (Å²) in [6.45, 7) is 12.4. The van der Waals surface area contributed by atoms with Crippen molar-refractivity contribution in [2.75, 3.05) is 39.5 Å². The SMILES string of the molecule is CCCCCCCCC(CCC)OC(=O)CCCCCCCN(CCCCCCCC(=O)OC(CCCCCCCC)CCCCCCCC)CCCN(C)S(C)(=O)=O. The number of esters is 2. The molecule has 352 valence electrons. The molecule has 0 amide bonds. The second-order valence-electron chi connectivity index (χ2n) is 18.0. The maximum Gasteiger partial charge on any atom is 0.306 e. The first-order chi connectivity index (χ1) is 28.6. The second kappa shape index (κ2) is 42.1. The van der Waals surface area contributed by atoms with Gasteiger partial charge in [-0.1, -0.05) is 169 Å². The van der Waals surface area contributed by atoms with Gasteiger partial charge in [-0.25, -0.2) is 12.7 Å². The Labute approximate surface area is 367 Å². The molecule has 0 radical (unpaired) electrons. The predicted octanol–water partition coefficient (Wildman–Crippen LogP) is 14.1. The first-order valence-electron chi connectivity index (χ1n) is 25.6. The fourth-order valence-electron chi connectivity index (χ4n) is 8.08. The molecule has 0 aromatic carbocycles. The van der Waals surface area contributed by atoms with Crippen LogP contribution >= 0.6 is 0 Å². The number of carbonyl (C=O) groups excluding carboxylic acids is 2. The molecule has 8 nitrogen and oxygen atoms in total. The molecule has 0 heterocycles. The van der Waals surface area contributed by atoms with Crippen molar-refractivity contribution in [1.29, 1.82) is 0 Å². The van der Waals surface area contributed by atoms with Crippen LogP contribution in [0, 0.1) is 0 Å². The molecule has 1 atom stereocenters. The highest BCUT2D eigenvalue weighted by atomic mass is 32.2. The van der Waals surface area contributed by atoms with E-state index in [1.54, 1.807) is 7.05 Å². The largest absolute Gasteiger partial charge is 0.462 e. The predicted molar refractivity (Wildman–Crippen MR) is 253 cm³/mol. The van der Waals surface area contributed by atoms with Crippen LogP contribution in [0.15, 0.2) is 0 Å². The monoisotopic (exact) mass is 857 g/mol. The molecule has 0 rings (SSSR count). The summed E-state index contributed by atoms with van der Waals surface area (Å²) >= 11 is 0. The summed E-state index contributed by atoms with van der Waals surface area (Å²) in [7, 11) is -1.50. The van der Waals surface area contributed by atoms with Crippen molar-refractivity contribution in [3.8, 4) is 0 Å². The molecule has 59 heavy (non-hydrogen) atoms. The van der Waals surface area contributed by atoms with Gasteiger partial charge in [-0.05, 0) is 96.7 Å². The van der Waals surface area contributed by atoms with Crippen LogP contribution in [-0.2, 0) is 29.1 Å². The molecule has 0 fully saturated rings. The Morgan fingerprint density at radius 2 is 0.729 bits per heavy atom. The molecule has 0 aromatic heterocycles. The zero-order chi connectivity index (χ0) is 43.7. The molecule has 9 heteroatoms. The molecular weight excluding hydrogens is 757 g/mol. The van der Waals surface area contributed by atoms with Crippen molar-refractivity contribution in [2.45, 2.75) is 271 Å². The third-order valence-corrected chi connectivity index (χ3v) is 13.4. The Kier molecular flexibility index (Phi) is 41.3. The van der Waals surface area contributed by atoms with Crippen LogP contribution < -0.4 is 0 Å². The topological polar surface area (TPSA) is 93.2 Å². The molecule has 0 aromatic rings. The van der Waals surface area contributed by atoms with E-state index in [0.717, 1.165) is 129 Å². The Morgan fingerprint density at radius 3 is 1.10 bits per heavy atom. The molecule has 0 bridgehead atoms. The van der Waals surface area contributed by atoms with E-state index in [1.165, 1.54) is 120 Å².